The summed E-state index contributed by atoms with van der Waals surface area (Å²) in [5.74, 6) is 0.849. The molecule has 1 aromatic carbocycles. The van der Waals surface area contributed by atoms with E-state index in [1.54, 1.807) is 12.1 Å². The topological polar surface area (TPSA) is 30.5 Å². The summed E-state index contributed by atoms with van der Waals surface area (Å²) in [5, 5.41) is 3.26. The quantitative estimate of drug-likeness (QED) is 0.783. The highest BCUT2D eigenvalue weighted by molar-refractivity contribution is 9.10. The molecule has 0 saturated heterocycles. The molecule has 0 heterocycles. The molecule has 0 aliphatic rings. The molecule has 0 aliphatic heterocycles. The van der Waals surface area contributed by atoms with Crippen molar-refractivity contribution >= 4 is 15.9 Å². The van der Waals surface area contributed by atoms with E-state index in [9.17, 15) is 13.2 Å². The van der Waals surface area contributed by atoms with Crippen molar-refractivity contribution in [2.45, 2.75) is 26.6 Å². The van der Waals surface area contributed by atoms with Gasteiger partial charge in [0.05, 0.1) is 11.6 Å². The van der Waals surface area contributed by atoms with Gasteiger partial charge in [-0.15, -0.1) is 0 Å². The van der Waals surface area contributed by atoms with Crippen LogP contribution in [-0.2, 0) is 6.54 Å². The number of alkyl halides is 3. The van der Waals surface area contributed by atoms with Gasteiger partial charge in [0.2, 0.25) is 0 Å². The lowest BCUT2D eigenvalue weighted by atomic mass is 10.2. The molecule has 7 heteroatoms. The fourth-order valence-electron chi connectivity index (χ4n) is 1.67. The van der Waals surface area contributed by atoms with E-state index in [-0.39, 0.29) is 11.5 Å². The first-order valence-corrected chi connectivity index (χ1v) is 7.29. The number of methoxy groups -OCH3 is 1. The van der Waals surface area contributed by atoms with E-state index in [0.29, 0.717) is 16.9 Å². The molecule has 1 N–H and O–H groups in total. The smallest absolute Gasteiger partial charge is 0.422 e. The van der Waals surface area contributed by atoms with Gasteiger partial charge in [0.15, 0.2) is 18.1 Å². The molecule has 0 atom stereocenters. The van der Waals surface area contributed by atoms with Crippen molar-refractivity contribution in [1.82, 2.24) is 5.32 Å². The van der Waals surface area contributed by atoms with E-state index in [1.807, 2.05) is 0 Å². The van der Waals surface area contributed by atoms with Crippen LogP contribution >= 0.6 is 15.9 Å². The van der Waals surface area contributed by atoms with Gasteiger partial charge in [-0.3, -0.25) is 0 Å². The van der Waals surface area contributed by atoms with Crippen LogP contribution in [-0.4, -0.2) is 26.4 Å². The van der Waals surface area contributed by atoms with Crippen LogP contribution in [0.4, 0.5) is 13.2 Å². The minimum Gasteiger partial charge on any atom is -0.493 e. The van der Waals surface area contributed by atoms with Gasteiger partial charge >= 0.3 is 6.18 Å². The minimum atomic E-state index is -4.39. The Morgan fingerprint density at radius 3 is 2.48 bits per heavy atom. The maximum Gasteiger partial charge on any atom is 0.422 e. The molecule has 0 amide bonds. The number of nitrogens with one attached hydrogen (secondary N) is 1. The predicted octanol–water partition coefficient (Wildman–Crippen LogP) is 4.14. The summed E-state index contributed by atoms with van der Waals surface area (Å²) < 4.78 is 47.1. The summed E-state index contributed by atoms with van der Waals surface area (Å²) in [4.78, 5) is 0. The second-order valence-corrected chi connectivity index (χ2v) is 5.89. The first-order chi connectivity index (χ1) is 9.73. The molecule has 0 radical (unpaired) electrons. The molecular formula is C14H19BrF3NO2. The molecule has 1 rings (SSSR count). The number of ether oxygens (including phenoxy) is 2. The van der Waals surface area contributed by atoms with Gasteiger partial charge in [0.1, 0.15) is 0 Å². The predicted molar refractivity (Wildman–Crippen MR) is 78.8 cm³/mol. The Balaban J connectivity index is 2.81. The fraction of sp³-hybridized carbons (Fsp3) is 0.571. The van der Waals surface area contributed by atoms with Gasteiger partial charge in [0.25, 0.3) is 0 Å². The Morgan fingerprint density at radius 1 is 1.29 bits per heavy atom. The first-order valence-electron chi connectivity index (χ1n) is 6.49. The maximum absolute atomic E-state index is 12.2. The van der Waals surface area contributed by atoms with Crippen molar-refractivity contribution in [3.8, 4) is 11.5 Å². The zero-order valence-corrected chi connectivity index (χ0v) is 13.8. The summed E-state index contributed by atoms with van der Waals surface area (Å²) in [7, 11) is 1.40. The average molecular weight is 370 g/mol. The van der Waals surface area contributed by atoms with E-state index in [4.69, 9.17) is 9.47 Å². The van der Waals surface area contributed by atoms with Crippen molar-refractivity contribution in [2.24, 2.45) is 5.92 Å². The average Bonchev–Trinajstić information content (AvgIpc) is 2.35. The van der Waals surface area contributed by atoms with Crippen LogP contribution < -0.4 is 14.8 Å². The second kappa shape index (κ2) is 7.89. The molecule has 0 aromatic heterocycles. The van der Waals surface area contributed by atoms with E-state index in [0.717, 1.165) is 12.1 Å². The highest BCUT2D eigenvalue weighted by Crippen LogP contribution is 2.37. The van der Waals surface area contributed by atoms with E-state index < -0.39 is 12.8 Å². The van der Waals surface area contributed by atoms with Gasteiger partial charge in [-0.1, -0.05) is 13.8 Å². The molecule has 0 saturated carbocycles. The van der Waals surface area contributed by atoms with Crippen molar-refractivity contribution < 1.29 is 22.6 Å². The van der Waals surface area contributed by atoms with Crippen LogP contribution in [0.15, 0.2) is 16.6 Å². The molecule has 0 spiro atoms. The van der Waals surface area contributed by atoms with Gasteiger partial charge in [0, 0.05) is 6.54 Å². The minimum absolute atomic E-state index is 0.0578. The molecule has 0 bridgehead atoms. The normalized spacial score (nSPS) is 11.8. The number of hydrogen-bond donors (Lipinski definition) is 1. The van der Waals surface area contributed by atoms with Crippen molar-refractivity contribution in [3.05, 3.63) is 22.2 Å². The molecule has 0 unspecified atom stereocenters. The molecule has 0 fully saturated rings. The number of benzene rings is 1. The fourth-order valence-corrected chi connectivity index (χ4v) is 2.28. The van der Waals surface area contributed by atoms with Crippen LogP contribution in [0.2, 0.25) is 0 Å². The summed E-state index contributed by atoms with van der Waals surface area (Å²) in [5.41, 5.74) is 0.902. The summed E-state index contributed by atoms with van der Waals surface area (Å²) >= 11 is 3.23. The monoisotopic (exact) mass is 369 g/mol. The van der Waals surface area contributed by atoms with Gasteiger partial charge < -0.3 is 14.8 Å². The number of hydrogen-bond acceptors (Lipinski definition) is 3. The Hall–Kier alpha value is -0.950. The summed E-state index contributed by atoms with van der Waals surface area (Å²) in [6, 6.07) is 3.39. The van der Waals surface area contributed by atoms with E-state index in [1.165, 1.54) is 7.11 Å². The Labute approximate surface area is 130 Å². The van der Waals surface area contributed by atoms with E-state index in [2.05, 4.69) is 35.1 Å². The third kappa shape index (κ3) is 6.56. The maximum atomic E-state index is 12.2. The molecule has 21 heavy (non-hydrogen) atoms. The van der Waals surface area contributed by atoms with Crippen LogP contribution in [0.5, 0.6) is 11.5 Å². The van der Waals surface area contributed by atoms with Crippen LogP contribution in [0.25, 0.3) is 0 Å². The lowest BCUT2D eigenvalue weighted by molar-refractivity contribution is -0.153. The molecular weight excluding hydrogens is 351 g/mol. The third-order valence-electron chi connectivity index (χ3n) is 2.55. The summed E-state index contributed by atoms with van der Waals surface area (Å²) in [6.07, 6.45) is -4.39. The SMILES string of the molecule is COc1cc(CNCC(C)C)cc(Br)c1OCC(F)(F)F. The standard InChI is InChI=1S/C14H19BrF3NO2/c1-9(2)6-19-7-10-4-11(15)13(12(5-10)20-3)21-8-14(16,17)18/h4-5,9,19H,6-8H2,1-3H3. The van der Waals surface area contributed by atoms with Gasteiger partial charge in [-0.2, -0.15) is 13.2 Å². The highest BCUT2D eigenvalue weighted by Gasteiger charge is 2.29. The van der Waals surface area contributed by atoms with E-state index >= 15 is 0 Å². The highest BCUT2D eigenvalue weighted by atomic mass is 79.9. The van der Waals surface area contributed by atoms with Crippen LogP contribution in [0, 0.1) is 5.92 Å². The molecule has 3 nitrogen and oxygen atoms in total. The zero-order valence-electron chi connectivity index (χ0n) is 12.2. The van der Waals surface area contributed by atoms with Crippen molar-refractivity contribution in [1.29, 1.82) is 0 Å². The lowest BCUT2D eigenvalue weighted by Gasteiger charge is -2.16. The molecule has 1 aromatic rings. The lowest BCUT2D eigenvalue weighted by Crippen LogP contribution is -2.20. The summed E-state index contributed by atoms with van der Waals surface area (Å²) in [6.45, 7) is 4.29. The number of halogens is 4. The van der Waals surface area contributed by atoms with Crippen LogP contribution in [0.1, 0.15) is 19.4 Å². The van der Waals surface area contributed by atoms with Gasteiger partial charge in [-0.05, 0) is 46.1 Å². The Morgan fingerprint density at radius 2 is 1.95 bits per heavy atom. The third-order valence-corrected chi connectivity index (χ3v) is 3.14. The second-order valence-electron chi connectivity index (χ2n) is 5.04. The largest absolute Gasteiger partial charge is 0.493 e. The Bertz CT molecular complexity index is 464. The van der Waals surface area contributed by atoms with Crippen molar-refractivity contribution in [2.75, 3.05) is 20.3 Å². The molecule has 120 valence electrons. The van der Waals surface area contributed by atoms with Gasteiger partial charge in [-0.25, -0.2) is 0 Å². The molecule has 0 aliphatic carbocycles. The number of rotatable bonds is 7. The Kier molecular flexibility index (Phi) is 6.80. The zero-order chi connectivity index (χ0) is 16.0. The van der Waals surface area contributed by atoms with Crippen molar-refractivity contribution in [3.63, 3.8) is 0 Å². The first kappa shape index (κ1) is 18.1. The van der Waals surface area contributed by atoms with Crippen LogP contribution in [0.3, 0.4) is 0 Å².